The van der Waals surface area contributed by atoms with Crippen LogP contribution in [0.15, 0.2) is 47.4 Å². The number of halogens is 1. The molecule has 27 heavy (non-hydrogen) atoms. The maximum absolute atomic E-state index is 13.5. The summed E-state index contributed by atoms with van der Waals surface area (Å²) in [5.74, 6) is -0.719. The molecule has 0 unspecified atom stereocenters. The van der Waals surface area contributed by atoms with E-state index in [2.05, 4.69) is 10.6 Å². The minimum absolute atomic E-state index is 0.0739. The predicted octanol–water partition coefficient (Wildman–Crippen LogP) is 3.22. The van der Waals surface area contributed by atoms with E-state index in [9.17, 15) is 17.6 Å². The Bertz CT molecular complexity index is 912. The summed E-state index contributed by atoms with van der Waals surface area (Å²) in [6.45, 7) is 5.86. The first-order valence-electron chi connectivity index (χ1n) is 8.68. The summed E-state index contributed by atoms with van der Waals surface area (Å²) in [6.07, 6.45) is 0. The Labute approximate surface area is 159 Å². The lowest BCUT2D eigenvalue weighted by atomic mass is 10.2. The fourth-order valence-electron chi connectivity index (χ4n) is 2.54. The van der Waals surface area contributed by atoms with Crippen molar-refractivity contribution in [3.63, 3.8) is 0 Å². The van der Waals surface area contributed by atoms with E-state index in [1.54, 1.807) is 45.0 Å². The Hall–Kier alpha value is -2.45. The molecule has 0 atom stereocenters. The van der Waals surface area contributed by atoms with Gasteiger partial charge in [-0.15, -0.1) is 0 Å². The molecule has 0 aliphatic heterocycles. The smallest absolute Gasteiger partial charge is 0.243 e. The van der Waals surface area contributed by atoms with Crippen LogP contribution in [0.2, 0.25) is 0 Å². The fraction of sp³-hybridized carbons (Fsp3) is 0.316. The van der Waals surface area contributed by atoms with Gasteiger partial charge in [0.05, 0.1) is 11.4 Å². The van der Waals surface area contributed by atoms with Gasteiger partial charge >= 0.3 is 0 Å². The number of hydrogen-bond acceptors (Lipinski definition) is 4. The van der Waals surface area contributed by atoms with Gasteiger partial charge in [0.2, 0.25) is 15.9 Å². The number of aryl methyl sites for hydroxylation is 1. The first-order chi connectivity index (χ1) is 12.8. The van der Waals surface area contributed by atoms with Gasteiger partial charge in [0.25, 0.3) is 0 Å². The Kier molecular flexibility index (Phi) is 6.92. The molecule has 6 nitrogen and oxygen atoms in total. The summed E-state index contributed by atoms with van der Waals surface area (Å²) in [5, 5.41) is 5.48. The lowest BCUT2D eigenvalue weighted by molar-refractivity contribution is -0.114. The lowest BCUT2D eigenvalue weighted by Crippen LogP contribution is -2.30. The quantitative estimate of drug-likeness (QED) is 0.722. The van der Waals surface area contributed by atoms with Crippen molar-refractivity contribution < 1.29 is 17.6 Å². The molecule has 1 amide bonds. The molecular formula is C19H24FN3O3S. The van der Waals surface area contributed by atoms with Crippen molar-refractivity contribution in [1.29, 1.82) is 0 Å². The molecule has 8 heteroatoms. The van der Waals surface area contributed by atoms with E-state index in [0.29, 0.717) is 30.0 Å². The molecule has 0 saturated carbocycles. The molecule has 0 spiro atoms. The monoisotopic (exact) mass is 393 g/mol. The van der Waals surface area contributed by atoms with Crippen LogP contribution in [0.1, 0.15) is 19.4 Å². The van der Waals surface area contributed by atoms with Gasteiger partial charge in [-0.25, -0.2) is 12.8 Å². The summed E-state index contributed by atoms with van der Waals surface area (Å²) in [7, 11) is -3.60. The molecule has 0 aliphatic carbocycles. The van der Waals surface area contributed by atoms with E-state index in [1.165, 1.54) is 22.5 Å². The molecular weight excluding hydrogens is 369 g/mol. The average Bonchev–Trinajstić information content (AvgIpc) is 2.64. The third-order valence-corrected chi connectivity index (χ3v) is 6.13. The van der Waals surface area contributed by atoms with Crippen LogP contribution in [0.5, 0.6) is 0 Å². The highest BCUT2D eigenvalue weighted by molar-refractivity contribution is 7.89. The lowest BCUT2D eigenvalue weighted by Gasteiger charge is -2.19. The summed E-state index contributed by atoms with van der Waals surface area (Å²) >= 11 is 0. The van der Waals surface area contributed by atoms with Crippen molar-refractivity contribution in [2.24, 2.45) is 0 Å². The molecule has 0 saturated heterocycles. The molecule has 2 aromatic carbocycles. The molecule has 2 aromatic rings. The first-order valence-corrected chi connectivity index (χ1v) is 10.1. The van der Waals surface area contributed by atoms with E-state index in [-0.39, 0.29) is 23.2 Å². The Morgan fingerprint density at radius 2 is 1.78 bits per heavy atom. The second-order valence-electron chi connectivity index (χ2n) is 5.98. The Morgan fingerprint density at radius 1 is 1.07 bits per heavy atom. The topological polar surface area (TPSA) is 78.5 Å². The van der Waals surface area contributed by atoms with Gasteiger partial charge in [0, 0.05) is 24.5 Å². The fourth-order valence-corrected chi connectivity index (χ4v) is 4.04. The highest BCUT2D eigenvalue weighted by atomic mass is 32.2. The van der Waals surface area contributed by atoms with Crippen molar-refractivity contribution in [3.8, 4) is 0 Å². The number of anilines is 2. The van der Waals surface area contributed by atoms with Crippen LogP contribution in [0, 0.1) is 12.7 Å². The third-order valence-electron chi connectivity index (χ3n) is 4.09. The third kappa shape index (κ3) is 5.27. The SMILES string of the molecule is CCN(CC)S(=O)(=O)c1cccc(NC(=O)CNc2ccc(C)c(F)c2)c1. The minimum Gasteiger partial charge on any atom is -0.376 e. The number of carbonyl (C=O) groups is 1. The predicted molar refractivity (Wildman–Crippen MR) is 105 cm³/mol. The van der Waals surface area contributed by atoms with E-state index >= 15 is 0 Å². The highest BCUT2D eigenvalue weighted by Crippen LogP contribution is 2.19. The molecule has 2 rings (SSSR count). The van der Waals surface area contributed by atoms with Crippen LogP contribution in [0.4, 0.5) is 15.8 Å². The number of sulfonamides is 1. The van der Waals surface area contributed by atoms with Crippen LogP contribution in [0.25, 0.3) is 0 Å². The molecule has 0 aromatic heterocycles. The van der Waals surface area contributed by atoms with Gasteiger partial charge < -0.3 is 10.6 Å². The molecule has 2 N–H and O–H groups in total. The van der Waals surface area contributed by atoms with E-state index in [1.807, 2.05) is 0 Å². The standard InChI is InChI=1S/C19H24FN3O3S/c1-4-23(5-2)27(25,26)17-8-6-7-16(11-17)22-19(24)13-21-15-10-9-14(3)18(20)12-15/h6-12,21H,4-5,13H2,1-3H3,(H,22,24). The zero-order valence-corrected chi connectivity index (χ0v) is 16.4. The normalized spacial score (nSPS) is 11.4. The zero-order valence-electron chi connectivity index (χ0n) is 15.6. The van der Waals surface area contributed by atoms with E-state index in [4.69, 9.17) is 0 Å². The molecule has 0 fully saturated rings. The van der Waals surface area contributed by atoms with Crippen molar-refractivity contribution in [2.75, 3.05) is 30.3 Å². The number of carbonyl (C=O) groups excluding carboxylic acids is 1. The minimum atomic E-state index is -3.60. The van der Waals surface area contributed by atoms with Gasteiger partial charge in [0.15, 0.2) is 0 Å². The van der Waals surface area contributed by atoms with Crippen LogP contribution in [0.3, 0.4) is 0 Å². The molecule has 0 heterocycles. The number of nitrogens with zero attached hydrogens (tertiary/aromatic N) is 1. The van der Waals surface area contributed by atoms with Gasteiger partial charge in [0.1, 0.15) is 5.82 Å². The number of hydrogen-bond donors (Lipinski definition) is 2. The van der Waals surface area contributed by atoms with Crippen molar-refractivity contribution in [1.82, 2.24) is 4.31 Å². The van der Waals surface area contributed by atoms with Crippen LogP contribution >= 0.6 is 0 Å². The number of amides is 1. The maximum Gasteiger partial charge on any atom is 0.243 e. The van der Waals surface area contributed by atoms with Crippen molar-refractivity contribution in [3.05, 3.63) is 53.8 Å². The summed E-state index contributed by atoms with van der Waals surface area (Å²) in [6, 6.07) is 10.7. The maximum atomic E-state index is 13.5. The number of rotatable bonds is 8. The first kappa shape index (κ1) is 20.9. The van der Waals surface area contributed by atoms with Gasteiger partial charge in [-0.05, 0) is 42.8 Å². The van der Waals surface area contributed by atoms with Gasteiger partial charge in [-0.1, -0.05) is 26.0 Å². The summed E-state index contributed by atoms with van der Waals surface area (Å²) in [5.41, 5.74) is 1.40. The van der Waals surface area contributed by atoms with Crippen LogP contribution in [-0.2, 0) is 14.8 Å². The van der Waals surface area contributed by atoms with Gasteiger partial charge in [-0.2, -0.15) is 4.31 Å². The van der Waals surface area contributed by atoms with E-state index in [0.717, 1.165) is 0 Å². The second kappa shape index (κ2) is 8.96. The molecule has 0 bridgehead atoms. The average molecular weight is 393 g/mol. The number of benzene rings is 2. The second-order valence-corrected chi connectivity index (χ2v) is 7.92. The van der Waals surface area contributed by atoms with Gasteiger partial charge in [-0.3, -0.25) is 4.79 Å². The van der Waals surface area contributed by atoms with Crippen LogP contribution < -0.4 is 10.6 Å². The molecule has 0 radical (unpaired) electrons. The zero-order chi connectivity index (χ0) is 20.0. The van der Waals surface area contributed by atoms with Crippen molar-refractivity contribution >= 4 is 27.3 Å². The van der Waals surface area contributed by atoms with Crippen LogP contribution in [-0.4, -0.2) is 38.3 Å². The summed E-state index contributed by atoms with van der Waals surface area (Å²) < 4.78 is 40.0. The molecule has 146 valence electrons. The van der Waals surface area contributed by atoms with E-state index < -0.39 is 10.0 Å². The summed E-state index contributed by atoms with van der Waals surface area (Å²) in [4.78, 5) is 12.2. The Morgan fingerprint density at radius 3 is 2.41 bits per heavy atom. The number of nitrogens with one attached hydrogen (secondary N) is 2. The van der Waals surface area contributed by atoms with Crippen molar-refractivity contribution in [2.45, 2.75) is 25.7 Å². The highest BCUT2D eigenvalue weighted by Gasteiger charge is 2.21. The largest absolute Gasteiger partial charge is 0.376 e. The molecule has 0 aliphatic rings. The Balaban J connectivity index is 2.05.